The molecular weight excluding hydrogens is 249 g/mol. The van der Waals surface area contributed by atoms with E-state index in [0.29, 0.717) is 11.3 Å². The van der Waals surface area contributed by atoms with Crippen molar-refractivity contribution in [3.63, 3.8) is 0 Å². The SMILES string of the molecule is COc1cccc(CO[C@@H](C)[C@H](O)C(F)(F)F)c1. The van der Waals surface area contributed by atoms with Crippen molar-refractivity contribution < 1.29 is 27.8 Å². The Morgan fingerprint density at radius 2 is 2.00 bits per heavy atom. The van der Waals surface area contributed by atoms with Gasteiger partial charge in [0.25, 0.3) is 0 Å². The van der Waals surface area contributed by atoms with E-state index in [9.17, 15) is 13.2 Å². The number of alkyl halides is 3. The van der Waals surface area contributed by atoms with Crippen LogP contribution in [0.4, 0.5) is 13.2 Å². The first-order valence-corrected chi connectivity index (χ1v) is 5.34. The first-order valence-electron chi connectivity index (χ1n) is 5.34. The first kappa shape index (κ1) is 14.8. The molecule has 3 nitrogen and oxygen atoms in total. The summed E-state index contributed by atoms with van der Waals surface area (Å²) in [6.07, 6.45) is -8.48. The van der Waals surface area contributed by atoms with E-state index in [0.717, 1.165) is 0 Å². The minimum atomic E-state index is -4.67. The average Bonchev–Trinajstić information content (AvgIpc) is 2.34. The molecule has 18 heavy (non-hydrogen) atoms. The van der Waals surface area contributed by atoms with E-state index in [1.165, 1.54) is 14.0 Å². The Morgan fingerprint density at radius 3 is 2.56 bits per heavy atom. The van der Waals surface area contributed by atoms with Gasteiger partial charge in [-0.15, -0.1) is 0 Å². The molecule has 0 unspecified atom stereocenters. The van der Waals surface area contributed by atoms with Crippen LogP contribution in [0.3, 0.4) is 0 Å². The van der Waals surface area contributed by atoms with Crippen LogP contribution in [-0.2, 0) is 11.3 Å². The summed E-state index contributed by atoms with van der Waals surface area (Å²) < 4.78 is 46.6. The van der Waals surface area contributed by atoms with Crippen LogP contribution in [0.2, 0.25) is 0 Å². The molecule has 0 saturated carbocycles. The molecule has 0 bridgehead atoms. The summed E-state index contributed by atoms with van der Waals surface area (Å²) >= 11 is 0. The van der Waals surface area contributed by atoms with E-state index in [1.807, 2.05) is 0 Å². The van der Waals surface area contributed by atoms with E-state index in [-0.39, 0.29) is 6.61 Å². The standard InChI is InChI=1S/C12H15F3O3/c1-8(11(16)12(13,14)15)18-7-9-4-3-5-10(6-9)17-2/h3-6,8,11,16H,7H2,1-2H3/t8-,11-/m0/s1. The van der Waals surface area contributed by atoms with Gasteiger partial charge in [0.15, 0.2) is 6.10 Å². The fourth-order valence-corrected chi connectivity index (χ4v) is 1.35. The van der Waals surface area contributed by atoms with Crippen molar-refractivity contribution in [2.75, 3.05) is 7.11 Å². The van der Waals surface area contributed by atoms with Gasteiger partial charge >= 0.3 is 6.18 Å². The van der Waals surface area contributed by atoms with Gasteiger partial charge in [-0.3, -0.25) is 0 Å². The second-order valence-electron chi connectivity index (χ2n) is 3.85. The molecular formula is C12H15F3O3. The Bertz CT molecular complexity index is 379. The maximum absolute atomic E-state index is 12.2. The first-order chi connectivity index (χ1) is 8.34. The van der Waals surface area contributed by atoms with Crippen LogP contribution in [0, 0.1) is 0 Å². The van der Waals surface area contributed by atoms with Gasteiger partial charge in [0.05, 0.1) is 19.8 Å². The Morgan fingerprint density at radius 1 is 1.33 bits per heavy atom. The lowest BCUT2D eigenvalue weighted by molar-refractivity contribution is -0.235. The van der Waals surface area contributed by atoms with Gasteiger partial charge < -0.3 is 14.6 Å². The van der Waals surface area contributed by atoms with E-state index < -0.39 is 18.4 Å². The Labute approximate surface area is 103 Å². The van der Waals surface area contributed by atoms with E-state index in [2.05, 4.69) is 0 Å². The summed E-state index contributed by atoms with van der Waals surface area (Å²) in [7, 11) is 1.50. The van der Waals surface area contributed by atoms with Gasteiger partial charge in [0, 0.05) is 0 Å². The van der Waals surface area contributed by atoms with Gasteiger partial charge in [-0.2, -0.15) is 13.2 Å². The zero-order valence-electron chi connectivity index (χ0n) is 10.1. The second kappa shape index (κ2) is 6.06. The second-order valence-corrected chi connectivity index (χ2v) is 3.85. The zero-order valence-corrected chi connectivity index (χ0v) is 10.1. The Kier molecular flexibility index (Phi) is 4.98. The highest BCUT2D eigenvalue weighted by molar-refractivity contribution is 5.27. The lowest BCUT2D eigenvalue weighted by Gasteiger charge is -2.21. The molecule has 1 N–H and O–H groups in total. The minimum Gasteiger partial charge on any atom is -0.497 e. The summed E-state index contributed by atoms with van der Waals surface area (Å²) in [6.45, 7) is 1.16. The monoisotopic (exact) mass is 264 g/mol. The molecule has 6 heteroatoms. The third-order valence-electron chi connectivity index (χ3n) is 2.43. The fraction of sp³-hybridized carbons (Fsp3) is 0.500. The highest BCUT2D eigenvalue weighted by atomic mass is 19.4. The molecule has 0 aliphatic rings. The predicted octanol–water partition coefficient (Wildman–Crippen LogP) is 2.52. The van der Waals surface area contributed by atoms with E-state index >= 15 is 0 Å². The molecule has 1 aromatic rings. The smallest absolute Gasteiger partial charge is 0.416 e. The van der Waals surface area contributed by atoms with Gasteiger partial charge in [-0.25, -0.2) is 0 Å². The lowest BCUT2D eigenvalue weighted by Crippen LogP contribution is -2.39. The van der Waals surface area contributed by atoms with E-state index in [4.69, 9.17) is 14.6 Å². The van der Waals surface area contributed by atoms with Crippen molar-refractivity contribution in [2.24, 2.45) is 0 Å². The van der Waals surface area contributed by atoms with Crippen molar-refractivity contribution in [2.45, 2.75) is 31.9 Å². The molecule has 1 aromatic carbocycles. The minimum absolute atomic E-state index is 0.0223. The normalized spacial score (nSPS) is 15.2. The van der Waals surface area contributed by atoms with Crippen molar-refractivity contribution in [3.05, 3.63) is 29.8 Å². The summed E-state index contributed by atoms with van der Waals surface area (Å²) in [6, 6.07) is 6.79. The third kappa shape index (κ3) is 4.19. The number of hydrogen-bond acceptors (Lipinski definition) is 3. The molecule has 0 aliphatic heterocycles. The van der Waals surface area contributed by atoms with Crippen molar-refractivity contribution in [1.82, 2.24) is 0 Å². The summed E-state index contributed by atoms with van der Waals surface area (Å²) in [4.78, 5) is 0. The molecule has 2 atom stereocenters. The van der Waals surface area contributed by atoms with Crippen LogP contribution in [0.5, 0.6) is 5.75 Å². The molecule has 0 heterocycles. The van der Waals surface area contributed by atoms with Crippen LogP contribution in [0.15, 0.2) is 24.3 Å². The van der Waals surface area contributed by atoms with Crippen LogP contribution < -0.4 is 4.74 Å². The summed E-state index contributed by atoms with van der Waals surface area (Å²) in [5, 5.41) is 8.96. The Hall–Kier alpha value is -1.27. The van der Waals surface area contributed by atoms with Crippen LogP contribution in [-0.4, -0.2) is 30.6 Å². The number of rotatable bonds is 5. The van der Waals surface area contributed by atoms with Crippen molar-refractivity contribution in [1.29, 1.82) is 0 Å². The Balaban J connectivity index is 2.54. The van der Waals surface area contributed by atoms with Gasteiger partial charge in [0.1, 0.15) is 5.75 Å². The number of hydrogen-bond donors (Lipinski definition) is 1. The number of methoxy groups -OCH3 is 1. The number of ether oxygens (including phenoxy) is 2. The highest BCUT2D eigenvalue weighted by Crippen LogP contribution is 2.24. The van der Waals surface area contributed by atoms with Crippen LogP contribution >= 0.6 is 0 Å². The highest BCUT2D eigenvalue weighted by Gasteiger charge is 2.42. The molecule has 0 saturated heterocycles. The molecule has 0 radical (unpaired) electrons. The number of aliphatic hydroxyl groups is 1. The molecule has 0 fully saturated rings. The molecule has 0 aliphatic carbocycles. The molecule has 1 rings (SSSR count). The maximum Gasteiger partial charge on any atom is 0.416 e. The predicted molar refractivity (Wildman–Crippen MR) is 59.3 cm³/mol. The number of aliphatic hydroxyl groups excluding tert-OH is 1. The fourth-order valence-electron chi connectivity index (χ4n) is 1.35. The number of benzene rings is 1. The average molecular weight is 264 g/mol. The molecule has 0 spiro atoms. The molecule has 102 valence electrons. The van der Waals surface area contributed by atoms with E-state index in [1.54, 1.807) is 24.3 Å². The zero-order chi connectivity index (χ0) is 13.8. The van der Waals surface area contributed by atoms with Gasteiger partial charge in [-0.1, -0.05) is 12.1 Å². The number of halogens is 3. The topological polar surface area (TPSA) is 38.7 Å². The van der Waals surface area contributed by atoms with Crippen LogP contribution in [0.25, 0.3) is 0 Å². The summed E-state index contributed by atoms with van der Waals surface area (Å²) in [5.41, 5.74) is 0.676. The lowest BCUT2D eigenvalue weighted by atomic mass is 10.2. The molecule has 0 aromatic heterocycles. The van der Waals surface area contributed by atoms with Crippen molar-refractivity contribution in [3.8, 4) is 5.75 Å². The molecule has 0 amide bonds. The maximum atomic E-state index is 12.2. The van der Waals surface area contributed by atoms with Crippen LogP contribution in [0.1, 0.15) is 12.5 Å². The van der Waals surface area contributed by atoms with Gasteiger partial charge in [0.2, 0.25) is 0 Å². The van der Waals surface area contributed by atoms with Gasteiger partial charge in [-0.05, 0) is 24.6 Å². The summed E-state index contributed by atoms with van der Waals surface area (Å²) in [5.74, 6) is 0.597. The largest absolute Gasteiger partial charge is 0.497 e. The third-order valence-corrected chi connectivity index (χ3v) is 2.43. The quantitative estimate of drug-likeness (QED) is 0.888. The van der Waals surface area contributed by atoms with Crippen molar-refractivity contribution >= 4 is 0 Å².